The highest BCUT2D eigenvalue weighted by molar-refractivity contribution is 5.95. The monoisotopic (exact) mass is 445 g/mol. The molecule has 2 saturated heterocycles. The Balaban J connectivity index is 1.35. The Labute approximate surface area is 188 Å². The summed E-state index contributed by atoms with van der Waals surface area (Å²) in [5.41, 5.74) is 0.502. The number of hydrogen-bond acceptors (Lipinski definition) is 6. The van der Waals surface area contributed by atoms with Crippen LogP contribution in [0.1, 0.15) is 30.1 Å². The number of carbonyl (C=O) groups is 3. The zero-order valence-corrected chi connectivity index (χ0v) is 18.6. The van der Waals surface area contributed by atoms with Crippen molar-refractivity contribution in [2.24, 2.45) is 5.92 Å². The zero-order chi connectivity index (χ0) is 22.5. The summed E-state index contributed by atoms with van der Waals surface area (Å²) in [5, 5.41) is 0. The molecule has 0 aromatic heterocycles. The average Bonchev–Trinajstić information content (AvgIpc) is 3.68. The number of benzene rings is 1. The highest BCUT2D eigenvalue weighted by Crippen LogP contribution is 2.32. The van der Waals surface area contributed by atoms with E-state index in [1.807, 2.05) is 11.8 Å². The molecular formula is C23H31N3O6. The number of ether oxygens (including phenoxy) is 3. The second kappa shape index (κ2) is 10.2. The summed E-state index contributed by atoms with van der Waals surface area (Å²) in [6.45, 7) is 6.56. The number of amides is 3. The van der Waals surface area contributed by atoms with Crippen LogP contribution in [0, 0.1) is 5.92 Å². The number of piperazine rings is 1. The molecule has 174 valence electrons. The third kappa shape index (κ3) is 5.32. The highest BCUT2D eigenvalue weighted by atomic mass is 16.5. The van der Waals surface area contributed by atoms with Gasteiger partial charge >= 0.3 is 0 Å². The maximum absolute atomic E-state index is 13.0. The topological polar surface area (TPSA) is 88.6 Å². The van der Waals surface area contributed by atoms with Gasteiger partial charge in [-0.25, -0.2) is 0 Å². The molecule has 3 aliphatic rings. The van der Waals surface area contributed by atoms with Gasteiger partial charge in [0, 0.05) is 50.7 Å². The summed E-state index contributed by atoms with van der Waals surface area (Å²) in [6, 6.07) is 5.04. The molecule has 9 nitrogen and oxygen atoms in total. The lowest BCUT2D eigenvalue weighted by Gasteiger charge is -2.35. The van der Waals surface area contributed by atoms with Gasteiger partial charge in [0.05, 0.1) is 19.8 Å². The Morgan fingerprint density at radius 2 is 1.59 bits per heavy atom. The van der Waals surface area contributed by atoms with E-state index in [-0.39, 0.29) is 30.2 Å². The van der Waals surface area contributed by atoms with Crippen molar-refractivity contribution in [3.8, 4) is 11.5 Å². The minimum absolute atomic E-state index is 0.0929. The van der Waals surface area contributed by atoms with E-state index < -0.39 is 0 Å². The van der Waals surface area contributed by atoms with Crippen LogP contribution in [-0.2, 0) is 14.3 Å². The fraction of sp³-hybridized carbons (Fsp3) is 0.609. The van der Waals surface area contributed by atoms with Crippen LogP contribution in [0.4, 0.5) is 0 Å². The van der Waals surface area contributed by atoms with E-state index in [0.29, 0.717) is 76.2 Å². The molecule has 2 aliphatic heterocycles. The fourth-order valence-corrected chi connectivity index (χ4v) is 3.97. The molecule has 32 heavy (non-hydrogen) atoms. The van der Waals surface area contributed by atoms with Crippen LogP contribution in [0.3, 0.4) is 0 Å². The molecule has 1 saturated carbocycles. The van der Waals surface area contributed by atoms with Crippen LogP contribution >= 0.6 is 0 Å². The van der Waals surface area contributed by atoms with Crippen molar-refractivity contribution in [1.29, 1.82) is 0 Å². The Bertz CT molecular complexity index is 842. The fourth-order valence-electron chi connectivity index (χ4n) is 3.97. The summed E-state index contributed by atoms with van der Waals surface area (Å²) in [7, 11) is 0. The molecule has 1 aliphatic carbocycles. The Hall–Kier alpha value is -2.81. The second-order valence-corrected chi connectivity index (χ2v) is 8.27. The lowest BCUT2D eigenvalue weighted by molar-refractivity contribution is -0.137. The molecule has 0 unspecified atom stereocenters. The SMILES string of the molecule is CCOc1cc(C(=O)N2CCN(C(=O)C3CC3)CC2)ccc1OCC(=O)N1CCOCC1. The van der Waals surface area contributed by atoms with Crippen LogP contribution in [-0.4, -0.2) is 98.1 Å². The lowest BCUT2D eigenvalue weighted by atomic mass is 10.1. The van der Waals surface area contributed by atoms with Crippen molar-refractivity contribution in [3.63, 3.8) is 0 Å². The molecule has 0 spiro atoms. The molecular weight excluding hydrogens is 414 g/mol. The first-order valence-corrected chi connectivity index (χ1v) is 11.4. The van der Waals surface area contributed by atoms with Gasteiger partial charge in [0.15, 0.2) is 18.1 Å². The van der Waals surface area contributed by atoms with E-state index in [9.17, 15) is 14.4 Å². The highest BCUT2D eigenvalue weighted by Gasteiger charge is 2.35. The van der Waals surface area contributed by atoms with Crippen molar-refractivity contribution >= 4 is 17.7 Å². The smallest absolute Gasteiger partial charge is 0.260 e. The van der Waals surface area contributed by atoms with Crippen LogP contribution < -0.4 is 9.47 Å². The molecule has 9 heteroatoms. The van der Waals surface area contributed by atoms with Gasteiger partial charge < -0.3 is 28.9 Å². The van der Waals surface area contributed by atoms with Crippen molar-refractivity contribution in [3.05, 3.63) is 23.8 Å². The Morgan fingerprint density at radius 1 is 0.906 bits per heavy atom. The third-order valence-corrected chi connectivity index (χ3v) is 6.01. The van der Waals surface area contributed by atoms with Gasteiger partial charge in [-0.2, -0.15) is 0 Å². The van der Waals surface area contributed by atoms with Crippen LogP contribution in [0.5, 0.6) is 11.5 Å². The quantitative estimate of drug-likeness (QED) is 0.623. The van der Waals surface area contributed by atoms with E-state index >= 15 is 0 Å². The second-order valence-electron chi connectivity index (χ2n) is 8.27. The molecule has 3 fully saturated rings. The van der Waals surface area contributed by atoms with E-state index in [4.69, 9.17) is 14.2 Å². The molecule has 0 atom stereocenters. The van der Waals surface area contributed by atoms with E-state index in [1.165, 1.54) is 0 Å². The van der Waals surface area contributed by atoms with Gasteiger partial charge in [-0.05, 0) is 38.0 Å². The van der Waals surface area contributed by atoms with Crippen molar-refractivity contribution < 1.29 is 28.6 Å². The maximum Gasteiger partial charge on any atom is 0.260 e. The average molecular weight is 446 g/mol. The van der Waals surface area contributed by atoms with Gasteiger partial charge in [-0.15, -0.1) is 0 Å². The number of nitrogens with zero attached hydrogens (tertiary/aromatic N) is 3. The van der Waals surface area contributed by atoms with E-state index in [2.05, 4.69) is 0 Å². The van der Waals surface area contributed by atoms with Gasteiger partial charge in [0.1, 0.15) is 0 Å². The largest absolute Gasteiger partial charge is 0.490 e. The van der Waals surface area contributed by atoms with Crippen LogP contribution in [0.25, 0.3) is 0 Å². The summed E-state index contributed by atoms with van der Waals surface area (Å²) in [4.78, 5) is 43.0. The summed E-state index contributed by atoms with van der Waals surface area (Å²) in [6.07, 6.45) is 1.98. The molecule has 1 aromatic carbocycles. The van der Waals surface area contributed by atoms with Crippen molar-refractivity contribution in [2.75, 3.05) is 65.7 Å². The minimum atomic E-state index is -0.102. The first kappa shape index (κ1) is 22.4. The minimum Gasteiger partial charge on any atom is -0.490 e. The molecule has 1 aromatic rings. The Kier molecular flexibility index (Phi) is 7.14. The van der Waals surface area contributed by atoms with E-state index in [1.54, 1.807) is 28.0 Å². The maximum atomic E-state index is 13.0. The first-order valence-electron chi connectivity index (χ1n) is 11.4. The van der Waals surface area contributed by atoms with Gasteiger partial charge in [-0.3, -0.25) is 14.4 Å². The molecule has 2 heterocycles. The first-order chi connectivity index (χ1) is 15.6. The van der Waals surface area contributed by atoms with Crippen molar-refractivity contribution in [2.45, 2.75) is 19.8 Å². The molecule has 0 N–H and O–H groups in total. The molecule has 4 rings (SSSR count). The van der Waals surface area contributed by atoms with Gasteiger partial charge in [-0.1, -0.05) is 0 Å². The normalized spacial score (nSPS) is 19.0. The van der Waals surface area contributed by atoms with Crippen molar-refractivity contribution in [1.82, 2.24) is 14.7 Å². The van der Waals surface area contributed by atoms with Gasteiger partial charge in [0.25, 0.3) is 11.8 Å². The summed E-state index contributed by atoms with van der Waals surface area (Å²) < 4.78 is 16.7. The number of morpholine rings is 1. The number of carbonyl (C=O) groups excluding carboxylic acids is 3. The Morgan fingerprint density at radius 3 is 2.25 bits per heavy atom. The number of rotatable bonds is 7. The van der Waals surface area contributed by atoms with Crippen LogP contribution in [0.2, 0.25) is 0 Å². The predicted octanol–water partition coefficient (Wildman–Crippen LogP) is 1.02. The molecule has 3 amide bonds. The zero-order valence-electron chi connectivity index (χ0n) is 18.6. The van der Waals surface area contributed by atoms with Crippen LogP contribution in [0.15, 0.2) is 18.2 Å². The summed E-state index contributed by atoms with van der Waals surface area (Å²) >= 11 is 0. The lowest BCUT2D eigenvalue weighted by Crippen LogP contribution is -2.51. The third-order valence-electron chi connectivity index (χ3n) is 6.01. The van der Waals surface area contributed by atoms with Gasteiger partial charge in [0.2, 0.25) is 5.91 Å². The molecule has 0 radical (unpaired) electrons. The molecule has 0 bridgehead atoms. The number of hydrogen-bond donors (Lipinski definition) is 0. The predicted molar refractivity (Wildman–Crippen MR) is 116 cm³/mol. The van der Waals surface area contributed by atoms with E-state index in [0.717, 1.165) is 12.8 Å². The standard InChI is InChI=1S/C23H31N3O6/c1-2-31-20-15-18(5-6-19(20)32-16-21(27)24-11-13-30-14-12-24)23(29)26-9-7-25(8-10-26)22(28)17-3-4-17/h5-6,15,17H,2-4,7-14,16H2,1H3. The summed E-state index contributed by atoms with van der Waals surface area (Å²) in [5.74, 6) is 1.10.